The molecule has 1 rings (SSSR count). The van der Waals surface area contributed by atoms with Gasteiger partial charge in [-0.2, -0.15) is 8.42 Å². The first-order chi connectivity index (χ1) is 6.61. The third-order valence-corrected chi connectivity index (χ3v) is 2.81. The Labute approximate surface area is 80.2 Å². The van der Waals surface area contributed by atoms with E-state index >= 15 is 0 Å². The second kappa shape index (κ2) is 3.98. The molecule has 0 amide bonds. The van der Waals surface area contributed by atoms with E-state index in [4.69, 9.17) is 0 Å². The zero-order chi connectivity index (χ0) is 10.6. The summed E-state index contributed by atoms with van der Waals surface area (Å²) in [4.78, 5) is 19.9. The molecular weight excluding hydrogens is 206 g/mol. The summed E-state index contributed by atoms with van der Waals surface area (Å²) < 4.78 is 25.1. The molecule has 72 valence electrons. The third kappa shape index (κ3) is 1.95. The number of carbonyl (C=O) groups excluding carboxylic acids is 2. The predicted molar refractivity (Wildman–Crippen MR) is 48.1 cm³/mol. The summed E-state index contributed by atoms with van der Waals surface area (Å²) in [6, 6.07) is 0. The number of isocyanates is 1. The minimum atomic E-state index is -4.08. The molecule has 0 fully saturated rings. The molecule has 0 aromatic rings. The van der Waals surface area contributed by atoms with Crippen LogP contribution >= 0.6 is 0 Å². The van der Waals surface area contributed by atoms with Gasteiger partial charge in [-0.15, -0.1) is 0 Å². The summed E-state index contributed by atoms with van der Waals surface area (Å²) in [5, 5.41) is 0. The molecule has 0 saturated heterocycles. The summed E-state index contributed by atoms with van der Waals surface area (Å²) in [5.74, 6) is 1.50. The Morgan fingerprint density at radius 2 is 2.07 bits per heavy atom. The average molecular weight is 211 g/mol. The monoisotopic (exact) mass is 211 g/mol. The Kier molecular flexibility index (Phi) is 2.94. The van der Waals surface area contributed by atoms with Crippen LogP contribution in [0.15, 0.2) is 33.1 Å². The average Bonchev–Trinajstić information content (AvgIpc) is 2.18. The van der Waals surface area contributed by atoms with Crippen molar-refractivity contribution in [2.45, 2.75) is 6.42 Å². The minimum Gasteiger partial charge on any atom is -0.233 e. The molecule has 1 aliphatic rings. The molecule has 5 nitrogen and oxygen atoms in total. The van der Waals surface area contributed by atoms with Crippen LogP contribution in [0.1, 0.15) is 6.42 Å². The van der Waals surface area contributed by atoms with Gasteiger partial charge in [-0.25, -0.2) is 9.59 Å². The van der Waals surface area contributed by atoms with E-state index in [2.05, 4.69) is 4.40 Å². The molecule has 6 heteroatoms. The van der Waals surface area contributed by atoms with Crippen LogP contribution < -0.4 is 0 Å². The number of allylic oxidation sites excluding steroid dienone is 4. The van der Waals surface area contributed by atoms with Gasteiger partial charge in [-0.3, -0.25) is 0 Å². The van der Waals surface area contributed by atoms with E-state index in [1.807, 2.05) is 0 Å². The topological polar surface area (TPSA) is 80.6 Å². The van der Waals surface area contributed by atoms with Crippen LogP contribution in [0, 0.1) is 0 Å². The fourth-order valence-corrected chi connectivity index (χ4v) is 1.86. The lowest BCUT2D eigenvalue weighted by atomic mass is 10.1. The first-order valence-electron chi connectivity index (χ1n) is 3.57. The minimum absolute atomic E-state index is 0.0356. The van der Waals surface area contributed by atoms with Crippen molar-refractivity contribution in [3.05, 3.63) is 28.7 Å². The van der Waals surface area contributed by atoms with Gasteiger partial charge in [0, 0.05) is 6.42 Å². The van der Waals surface area contributed by atoms with Crippen LogP contribution in [0.4, 0.5) is 0 Å². The molecule has 0 saturated carbocycles. The Morgan fingerprint density at radius 3 is 2.64 bits per heavy atom. The highest BCUT2D eigenvalue weighted by molar-refractivity contribution is 7.94. The number of hydrogen-bond donors (Lipinski definition) is 0. The SMILES string of the molecule is O=C=NS(=O)(=O)C1=CC=CCC1=C=O. The fraction of sp³-hybridized carbons (Fsp3) is 0.125. The van der Waals surface area contributed by atoms with Crippen LogP contribution in [0.3, 0.4) is 0 Å². The first-order valence-corrected chi connectivity index (χ1v) is 5.01. The summed E-state index contributed by atoms with van der Waals surface area (Å²) in [6.07, 6.45) is 5.36. The molecule has 0 unspecified atom stereocenters. The molecule has 0 aliphatic heterocycles. The Balaban J connectivity index is 3.34. The van der Waals surface area contributed by atoms with Crippen molar-refractivity contribution in [1.82, 2.24) is 0 Å². The van der Waals surface area contributed by atoms with Gasteiger partial charge in [0.2, 0.25) is 0 Å². The molecular formula is C8H5NO4S. The van der Waals surface area contributed by atoms with Gasteiger partial charge in [-0.05, 0) is 6.08 Å². The molecule has 0 aromatic heterocycles. The Hall–Kier alpha value is -1.74. The van der Waals surface area contributed by atoms with E-state index in [9.17, 15) is 18.0 Å². The lowest BCUT2D eigenvalue weighted by molar-refractivity contribution is 0.563. The highest BCUT2D eigenvalue weighted by Gasteiger charge is 2.22. The fourth-order valence-electron chi connectivity index (χ4n) is 0.974. The maximum absolute atomic E-state index is 11.2. The van der Waals surface area contributed by atoms with Crippen molar-refractivity contribution in [2.75, 3.05) is 0 Å². The predicted octanol–water partition coefficient (Wildman–Crippen LogP) is 0.254. The van der Waals surface area contributed by atoms with Gasteiger partial charge < -0.3 is 0 Å². The zero-order valence-corrected chi connectivity index (χ0v) is 7.74. The van der Waals surface area contributed by atoms with E-state index in [1.165, 1.54) is 18.1 Å². The van der Waals surface area contributed by atoms with Gasteiger partial charge in [0.25, 0.3) is 16.1 Å². The van der Waals surface area contributed by atoms with Gasteiger partial charge in [-0.1, -0.05) is 16.5 Å². The van der Waals surface area contributed by atoms with E-state index in [0.29, 0.717) is 0 Å². The lowest BCUT2D eigenvalue weighted by Gasteiger charge is -2.05. The van der Waals surface area contributed by atoms with E-state index in [-0.39, 0.29) is 16.9 Å². The Morgan fingerprint density at radius 1 is 1.36 bits per heavy atom. The van der Waals surface area contributed by atoms with Gasteiger partial charge in [0.1, 0.15) is 10.8 Å². The highest BCUT2D eigenvalue weighted by atomic mass is 32.2. The lowest BCUT2D eigenvalue weighted by Crippen LogP contribution is -2.05. The number of rotatable bonds is 2. The maximum atomic E-state index is 11.2. The van der Waals surface area contributed by atoms with Crippen molar-refractivity contribution in [3.63, 3.8) is 0 Å². The van der Waals surface area contributed by atoms with Crippen LogP contribution in [0.5, 0.6) is 0 Å². The van der Waals surface area contributed by atoms with Gasteiger partial charge in [0.15, 0.2) is 0 Å². The second-order valence-electron chi connectivity index (χ2n) is 2.40. The van der Waals surface area contributed by atoms with E-state index in [1.54, 1.807) is 6.08 Å². The third-order valence-electron chi connectivity index (χ3n) is 1.56. The molecule has 14 heavy (non-hydrogen) atoms. The number of nitrogens with zero attached hydrogens (tertiary/aromatic N) is 1. The molecule has 0 atom stereocenters. The largest absolute Gasteiger partial charge is 0.293 e. The number of sulfonamides is 1. The number of hydrogen-bond acceptors (Lipinski definition) is 4. The van der Waals surface area contributed by atoms with Crippen molar-refractivity contribution < 1.29 is 18.0 Å². The van der Waals surface area contributed by atoms with E-state index < -0.39 is 10.0 Å². The van der Waals surface area contributed by atoms with E-state index in [0.717, 1.165) is 6.08 Å². The molecule has 1 aliphatic carbocycles. The van der Waals surface area contributed by atoms with Crippen LogP contribution in [-0.4, -0.2) is 20.4 Å². The van der Waals surface area contributed by atoms with Crippen molar-refractivity contribution in [1.29, 1.82) is 0 Å². The van der Waals surface area contributed by atoms with Crippen molar-refractivity contribution in [3.8, 4) is 0 Å². The molecule has 0 bridgehead atoms. The summed E-state index contributed by atoms with van der Waals surface area (Å²) >= 11 is 0. The van der Waals surface area contributed by atoms with Crippen molar-refractivity contribution in [2.24, 2.45) is 4.40 Å². The Bertz CT molecular complexity index is 499. The first kappa shape index (κ1) is 10.3. The van der Waals surface area contributed by atoms with Crippen molar-refractivity contribution >= 4 is 22.0 Å². The maximum Gasteiger partial charge on any atom is 0.293 e. The van der Waals surface area contributed by atoms with Crippen LogP contribution in [0.25, 0.3) is 0 Å². The standard InChI is InChI=1S/C8H5NO4S/c10-5-7-3-1-2-4-8(7)14(12,13)9-6-11/h1-2,4H,3H2. The highest BCUT2D eigenvalue weighted by Crippen LogP contribution is 2.23. The van der Waals surface area contributed by atoms with Crippen LogP contribution in [0.2, 0.25) is 0 Å². The zero-order valence-electron chi connectivity index (χ0n) is 6.93. The van der Waals surface area contributed by atoms with Gasteiger partial charge >= 0.3 is 0 Å². The smallest absolute Gasteiger partial charge is 0.233 e. The molecule has 0 heterocycles. The summed E-state index contributed by atoms with van der Waals surface area (Å²) in [6.45, 7) is 0. The molecule has 0 spiro atoms. The summed E-state index contributed by atoms with van der Waals surface area (Å²) in [7, 11) is -4.08. The van der Waals surface area contributed by atoms with Gasteiger partial charge in [0.05, 0.1) is 5.57 Å². The normalized spacial score (nSPS) is 15.4. The second-order valence-corrected chi connectivity index (χ2v) is 3.97. The molecule has 0 N–H and O–H groups in total. The summed E-state index contributed by atoms with van der Waals surface area (Å²) in [5.41, 5.74) is -0.0356. The van der Waals surface area contributed by atoms with Crippen LogP contribution in [-0.2, 0) is 19.6 Å². The quantitative estimate of drug-likeness (QED) is 0.372. The molecule has 0 aromatic carbocycles. The molecule has 0 radical (unpaired) electrons.